The lowest BCUT2D eigenvalue weighted by Gasteiger charge is -2.28. The van der Waals surface area contributed by atoms with E-state index in [1.807, 2.05) is 0 Å². The highest BCUT2D eigenvalue weighted by molar-refractivity contribution is 6.42. The standard InChI is InChI=1S/C13H18Cl3N3/c1-19-6-3-9(4-7-19)2-5-17-13-11(15)8-10(14)12(16)18-13/h8-9H,2-7H2,1H3,(H,17,18). The van der Waals surface area contributed by atoms with E-state index < -0.39 is 0 Å². The highest BCUT2D eigenvalue weighted by atomic mass is 35.5. The molecule has 3 nitrogen and oxygen atoms in total. The maximum absolute atomic E-state index is 6.07. The van der Waals surface area contributed by atoms with E-state index in [0.717, 1.165) is 18.9 Å². The number of aromatic nitrogens is 1. The Labute approximate surface area is 129 Å². The van der Waals surface area contributed by atoms with Crippen molar-refractivity contribution in [2.75, 3.05) is 32.0 Å². The molecule has 1 aromatic heterocycles. The van der Waals surface area contributed by atoms with Crippen LogP contribution < -0.4 is 5.32 Å². The minimum Gasteiger partial charge on any atom is -0.369 e. The first kappa shape index (κ1) is 15.2. The van der Waals surface area contributed by atoms with E-state index >= 15 is 0 Å². The van der Waals surface area contributed by atoms with Crippen molar-refractivity contribution in [2.24, 2.45) is 5.92 Å². The number of likely N-dealkylation sites (tertiary alicyclic amines) is 1. The van der Waals surface area contributed by atoms with Crippen molar-refractivity contribution < 1.29 is 0 Å². The van der Waals surface area contributed by atoms with Gasteiger partial charge in [0.2, 0.25) is 0 Å². The SMILES string of the molecule is CN1CCC(CCNc2nc(Cl)c(Cl)cc2Cl)CC1. The molecule has 106 valence electrons. The third-order valence-corrected chi connectivity index (χ3v) is 4.53. The Hall–Kier alpha value is -0.220. The van der Waals surface area contributed by atoms with E-state index in [4.69, 9.17) is 34.8 Å². The zero-order valence-corrected chi connectivity index (χ0v) is 13.2. The summed E-state index contributed by atoms with van der Waals surface area (Å²) in [6, 6.07) is 1.62. The van der Waals surface area contributed by atoms with Crippen molar-refractivity contribution in [3.63, 3.8) is 0 Å². The molecule has 0 atom stereocenters. The predicted octanol–water partition coefficient (Wildman–Crippen LogP) is 4.19. The van der Waals surface area contributed by atoms with Crippen LogP contribution in [0.1, 0.15) is 19.3 Å². The van der Waals surface area contributed by atoms with Crippen molar-refractivity contribution in [3.8, 4) is 0 Å². The molecule has 0 amide bonds. The first-order valence-electron chi connectivity index (χ1n) is 6.50. The fraction of sp³-hybridized carbons (Fsp3) is 0.615. The van der Waals surface area contributed by atoms with Gasteiger partial charge in [0, 0.05) is 6.54 Å². The average Bonchev–Trinajstić information content (AvgIpc) is 2.38. The Bertz CT molecular complexity index is 431. The van der Waals surface area contributed by atoms with Crippen LogP contribution in [0.15, 0.2) is 6.07 Å². The van der Waals surface area contributed by atoms with Crippen molar-refractivity contribution >= 4 is 40.6 Å². The zero-order valence-electron chi connectivity index (χ0n) is 10.9. The summed E-state index contributed by atoms with van der Waals surface area (Å²) in [5, 5.41) is 4.42. The minimum absolute atomic E-state index is 0.285. The Kier molecular flexibility index (Phi) is 5.58. The minimum atomic E-state index is 0.285. The third kappa shape index (κ3) is 4.38. The summed E-state index contributed by atoms with van der Waals surface area (Å²) < 4.78 is 0. The third-order valence-electron chi connectivity index (χ3n) is 3.57. The van der Waals surface area contributed by atoms with E-state index in [2.05, 4.69) is 22.2 Å². The van der Waals surface area contributed by atoms with E-state index in [1.165, 1.54) is 25.9 Å². The van der Waals surface area contributed by atoms with E-state index in [-0.39, 0.29) is 5.15 Å². The first-order chi connectivity index (χ1) is 9.06. The number of anilines is 1. The molecule has 1 N–H and O–H groups in total. The molecule has 6 heteroatoms. The van der Waals surface area contributed by atoms with Crippen LogP contribution in [0.5, 0.6) is 0 Å². The van der Waals surface area contributed by atoms with Crippen molar-refractivity contribution in [1.29, 1.82) is 0 Å². The smallest absolute Gasteiger partial charge is 0.150 e. The molecule has 1 saturated heterocycles. The number of pyridine rings is 1. The Balaban J connectivity index is 1.81. The normalized spacial score (nSPS) is 17.7. The molecule has 1 fully saturated rings. The fourth-order valence-corrected chi connectivity index (χ4v) is 2.88. The van der Waals surface area contributed by atoms with Crippen LogP contribution in [0.2, 0.25) is 15.2 Å². The van der Waals surface area contributed by atoms with Gasteiger partial charge in [-0.3, -0.25) is 0 Å². The maximum atomic E-state index is 6.07. The van der Waals surface area contributed by atoms with Crippen molar-refractivity contribution in [1.82, 2.24) is 9.88 Å². The molecule has 0 unspecified atom stereocenters. The van der Waals surface area contributed by atoms with Crippen LogP contribution in [0.4, 0.5) is 5.82 Å². The Morgan fingerprint density at radius 2 is 1.95 bits per heavy atom. The lowest BCUT2D eigenvalue weighted by Crippen LogP contribution is -2.30. The molecule has 1 aliphatic rings. The molecular weight excluding hydrogens is 305 g/mol. The Morgan fingerprint density at radius 3 is 2.63 bits per heavy atom. The van der Waals surface area contributed by atoms with Gasteiger partial charge in [0.05, 0.1) is 10.0 Å². The molecule has 0 radical (unpaired) electrons. The monoisotopic (exact) mass is 321 g/mol. The van der Waals surface area contributed by atoms with Gasteiger partial charge in [-0.1, -0.05) is 34.8 Å². The molecule has 19 heavy (non-hydrogen) atoms. The summed E-state index contributed by atoms with van der Waals surface area (Å²) in [6.07, 6.45) is 3.66. The van der Waals surface area contributed by atoms with Gasteiger partial charge < -0.3 is 10.2 Å². The summed E-state index contributed by atoms with van der Waals surface area (Å²) >= 11 is 17.8. The number of nitrogens with one attached hydrogen (secondary N) is 1. The topological polar surface area (TPSA) is 28.2 Å². The van der Waals surface area contributed by atoms with Gasteiger partial charge in [0.25, 0.3) is 0 Å². The predicted molar refractivity (Wildman–Crippen MR) is 82.6 cm³/mol. The van der Waals surface area contributed by atoms with Crippen LogP contribution in [-0.4, -0.2) is 36.6 Å². The molecule has 2 heterocycles. The molecule has 0 saturated carbocycles. The summed E-state index contributed by atoms with van der Waals surface area (Å²) in [5.41, 5.74) is 0. The summed E-state index contributed by atoms with van der Waals surface area (Å²) in [4.78, 5) is 6.53. The fourth-order valence-electron chi connectivity index (χ4n) is 2.31. The summed E-state index contributed by atoms with van der Waals surface area (Å²) in [7, 11) is 2.17. The van der Waals surface area contributed by atoms with Gasteiger partial charge in [-0.15, -0.1) is 0 Å². The van der Waals surface area contributed by atoms with Crippen LogP contribution in [0, 0.1) is 5.92 Å². The highest BCUT2D eigenvalue weighted by Crippen LogP contribution is 2.29. The van der Waals surface area contributed by atoms with E-state index in [0.29, 0.717) is 15.9 Å². The van der Waals surface area contributed by atoms with Gasteiger partial charge in [-0.25, -0.2) is 4.98 Å². The van der Waals surface area contributed by atoms with Crippen LogP contribution in [0.3, 0.4) is 0 Å². The lowest BCUT2D eigenvalue weighted by atomic mass is 9.94. The molecule has 0 aromatic carbocycles. The highest BCUT2D eigenvalue weighted by Gasteiger charge is 2.16. The number of halogens is 3. The number of hydrogen-bond donors (Lipinski definition) is 1. The van der Waals surface area contributed by atoms with Crippen LogP contribution >= 0.6 is 34.8 Å². The number of nitrogens with zero attached hydrogens (tertiary/aromatic N) is 2. The van der Waals surface area contributed by atoms with Crippen molar-refractivity contribution in [2.45, 2.75) is 19.3 Å². The summed E-state index contributed by atoms with van der Waals surface area (Å²) in [5.74, 6) is 1.40. The molecule has 0 bridgehead atoms. The number of piperidine rings is 1. The van der Waals surface area contributed by atoms with Gasteiger partial charge >= 0.3 is 0 Å². The van der Waals surface area contributed by atoms with Gasteiger partial charge in [0.1, 0.15) is 11.0 Å². The second-order valence-electron chi connectivity index (χ2n) is 5.05. The average molecular weight is 323 g/mol. The number of hydrogen-bond acceptors (Lipinski definition) is 3. The largest absolute Gasteiger partial charge is 0.369 e. The van der Waals surface area contributed by atoms with Gasteiger partial charge in [-0.05, 0) is 51.4 Å². The molecule has 2 rings (SSSR count). The molecular formula is C13H18Cl3N3. The van der Waals surface area contributed by atoms with E-state index in [1.54, 1.807) is 6.07 Å². The first-order valence-corrected chi connectivity index (χ1v) is 7.63. The molecule has 0 spiro atoms. The second-order valence-corrected chi connectivity index (χ2v) is 6.23. The van der Waals surface area contributed by atoms with Crippen molar-refractivity contribution in [3.05, 3.63) is 21.3 Å². The summed E-state index contributed by atoms with van der Waals surface area (Å²) in [6.45, 7) is 3.24. The quantitative estimate of drug-likeness (QED) is 0.843. The molecule has 0 aliphatic carbocycles. The second kappa shape index (κ2) is 6.98. The molecule has 1 aliphatic heterocycles. The number of rotatable bonds is 4. The van der Waals surface area contributed by atoms with Gasteiger partial charge in [0.15, 0.2) is 0 Å². The van der Waals surface area contributed by atoms with Crippen LogP contribution in [0.25, 0.3) is 0 Å². The zero-order chi connectivity index (χ0) is 13.8. The Morgan fingerprint density at radius 1 is 1.26 bits per heavy atom. The maximum Gasteiger partial charge on any atom is 0.150 e. The lowest BCUT2D eigenvalue weighted by molar-refractivity contribution is 0.215. The molecule has 1 aromatic rings. The van der Waals surface area contributed by atoms with Gasteiger partial charge in [-0.2, -0.15) is 0 Å². The van der Waals surface area contributed by atoms with E-state index in [9.17, 15) is 0 Å². The van der Waals surface area contributed by atoms with Crippen LogP contribution in [-0.2, 0) is 0 Å².